The minimum absolute atomic E-state index is 0. The Balaban J connectivity index is 0.00000162. The van der Waals surface area contributed by atoms with Crippen molar-refractivity contribution in [1.82, 2.24) is 10.6 Å². The fourth-order valence-corrected chi connectivity index (χ4v) is 1.66. The Labute approximate surface area is 110 Å². The first-order chi connectivity index (χ1) is 8.08. The number of amides is 1. The number of rotatable bonds is 3. The van der Waals surface area contributed by atoms with Gasteiger partial charge in [-0.25, -0.2) is 8.78 Å². The molecule has 0 aromatic heterocycles. The number of hydrogen-bond acceptors (Lipinski definition) is 2. The highest BCUT2D eigenvalue weighted by Gasteiger charge is 2.19. The van der Waals surface area contributed by atoms with Crippen LogP contribution < -0.4 is 10.6 Å². The van der Waals surface area contributed by atoms with E-state index in [1.165, 1.54) is 13.0 Å². The van der Waals surface area contributed by atoms with Crippen molar-refractivity contribution in [2.24, 2.45) is 5.92 Å². The van der Waals surface area contributed by atoms with Gasteiger partial charge in [0.2, 0.25) is 0 Å². The third-order valence-electron chi connectivity index (χ3n) is 2.91. The molecule has 1 aliphatic rings. The molecule has 0 unspecified atom stereocenters. The van der Waals surface area contributed by atoms with Crippen molar-refractivity contribution < 1.29 is 13.6 Å². The molecule has 100 valence electrons. The quantitative estimate of drug-likeness (QED) is 0.881. The van der Waals surface area contributed by atoms with Crippen LogP contribution in [-0.4, -0.2) is 25.5 Å². The van der Waals surface area contributed by atoms with E-state index < -0.39 is 17.5 Å². The minimum Gasteiger partial charge on any atom is -0.352 e. The molecule has 2 rings (SSSR count). The van der Waals surface area contributed by atoms with Crippen molar-refractivity contribution in [2.45, 2.75) is 6.92 Å². The molecule has 1 fully saturated rings. The molecule has 18 heavy (non-hydrogen) atoms. The van der Waals surface area contributed by atoms with Crippen molar-refractivity contribution in [3.05, 3.63) is 34.9 Å². The molecular weight excluding hydrogens is 262 g/mol. The molecule has 1 aromatic carbocycles. The molecule has 0 spiro atoms. The van der Waals surface area contributed by atoms with Gasteiger partial charge in [0.05, 0.1) is 5.56 Å². The maximum atomic E-state index is 13.4. The largest absolute Gasteiger partial charge is 0.352 e. The highest BCUT2D eigenvalue weighted by molar-refractivity contribution is 5.94. The Hall–Kier alpha value is -1.20. The molecule has 0 bridgehead atoms. The van der Waals surface area contributed by atoms with E-state index in [4.69, 9.17) is 0 Å². The van der Waals surface area contributed by atoms with E-state index in [1.807, 2.05) is 0 Å². The Kier molecular flexibility index (Phi) is 5.04. The number of hydrogen-bond donors (Lipinski definition) is 2. The van der Waals surface area contributed by atoms with E-state index in [-0.39, 0.29) is 23.5 Å². The summed E-state index contributed by atoms with van der Waals surface area (Å²) >= 11 is 0. The molecule has 1 heterocycles. The standard InChI is InChI=1S/C12H14F2N2O.ClH/c1-7-2-9(11(14)3-10(7)13)12(17)16-6-8-4-15-5-8;/h2-3,8,15H,4-6H2,1H3,(H,16,17);1H. The number of nitrogens with one attached hydrogen (secondary N) is 2. The topological polar surface area (TPSA) is 41.1 Å². The van der Waals surface area contributed by atoms with Gasteiger partial charge in [0.25, 0.3) is 5.91 Å². The average Bonchev–Trinajstić information content (AvgIpc) is 2.21. The summed E-state index contributed by atoms with van der Waals surface area (Å²) < 4.78 is 26.4. The lowest BCUT2D eigenvalue weighted by molar-refractivity contribution is 0.0938. The first kappa shape index (κ1) is 14.9. The molecule has 2 N–H and O–H groups in total. The molecule has 0 aliphatic carbocycles. The summed E-state index contributed by atoms with van der Waals surface area (Å²) in [5, 5.41) is 5.72. The molecule has 1 aromatic rings. The number of halogens is 3. The van der Waals surface area contributed by atoms with Crippen molar-refractivity contribution >= 4 is 18.3 Å². The molecule has 1 amide bonds. The van der Waals surface area contributed by atoms with Crippen LogP contribution in [0.15, 0.2) is 12.1 Å². The molecule has 3 nitrogen and oxygen atoms in total. The summed E-state index contributed by atoms with van der Waals surface area (Å²) in [7, 11) is 0. The van der Waals surface area contributed by atoms with E-state index >= 15 is 0 Å². The van der Waals surface area contributed by atoms with E-state index in [0.717, 1.165) is 19.2 Å². The molecule has 0 radical (unpaired) electrons. The van der Waals surface area contributed by atoms with Gasteiger partial charge in [-0.15, -0.1) is 12.4 Å². The van der Waals surface area contributed by atoms with Crippen LogP contribution in [0.5, 0.6) is 0 Å². The van der Waals surface area contributed by atoms with Crippen LogP contribution in [-0.2, 0) is 0 Å². The molecular formula is C12H15ClF2N2O. The van der Waals surface area contributed by atoms with E-state index in [9.17, 15) is 13.6 Å². The van der Waals surface area contributed by atoms with Gasteiger partial charge in [0, 0.05) is 31.6 Å². The molecule has 6 heteroatoms. The Bertz CT molecular complexity index is 450. The second kappa shape index (κ2) is 6.11. The van der Waals surface area contributed by atoms with Crippen LogP contribution in [0.3, 0.4) is 0 Å². The summed E-state index contributed by atoms with van der Waals surface area (Å²) in [5.41, 5.74) is 0.165. The van der Waals surface area contributed by atoms with E-state index in [2.05, 4.69) is 10.6 Å². The Morgan fingerprint density at radius 3 is 2.61 bits per heavy atom. The van der Waals surface area contributed by atoms with Gasteiger partial charge in [-0.05, 0) is 18.6 Å². The monoisotopic (exact) mass is 276 g/mol. The van der Waals surface area contributed by atoms with Crippen molar-refractivity contribution in [2.75, 3.05) is 19.6 Å². The summed E-state index contributed by atoms with van der Waals surface area (Å²) in [6.45, 7) is 3.75. The number of carbonyl (C=O) groups is 1. The summed E-state index contributed by atoms with van der Waals surface area (Å²) in [4.78, 5) is 11.7. The van der Waals surface area contributed by atoms with E-state index in [1.54, 1.807) is 0 Å². The van der Waals surface area contributed by atoms with Crippen LogP contribution in [0.25, 0.3) is 0 Å². The second-order valence-electron chi connectivity index (χ2n) is 4.32. The Morgan fingerprint density at radius 1 is 1.39 bits per heavy atom. The van der Waals surface area contributed by atoms with Crippen LogP contribution in [0.2, 0.25) is 0 Å². The predicted molar refractivity (Wildman–Crippen MR) is 67.0 cm³/mol. The zero-order valence-electron chi connectivity index (χ0n) is 9.93. The highest BCUT2D eigenvalue weighted by atomic mass is 35.5. The van der Waals surface area contributed by atoms with Gasteiger partial charge >= 0.3 is 0 Å². The second-order valence-corrected chi connectivity index (χ2v) is 4.32. The number of benzene rings is 1. The third-order valence-corrected chi connectivity index (χ3v) is 2.91. The summed E-state index contributed by atoms with van der Waals surface area (Å²) in [5.74, 6) is -1.54. The average molecular weight is 277 g/mol. The first-order valence-corrected chi connectivity index (χ1v) is 5.52. The smallest absolute Gasteiger partial charge is 0.254 e. The zero-order valence-corrected chi connectivity index (χ0v) is 10.7. The number of carbonyl (C=O) groups excluding carboxylic acids is 1. The fraction of sp³-hybridized carbons (Fsp3) is 0.417. The lowest BCUT2D eigenvalue weighted by Gasteiger charge is -2.27. The van der Waals surface area contributed by atoms with Crippen molar-refractivity contribution in [1.29, 1.82) is 0 Å². The summed E-state index contributed by atoms with van der Waals surface area (Å²) in [6.07, 6.45) is 0. The van der Waals surface area contributed by atoms with Gasteiger partial charge in [-0.1, -0.05) is 0 Å². The minimum atomic E-state index is -0.822. The van der Waals surface area contributed by atoms with Gasteiger partial charge in [0.1, 0.15) is 11.6 Å². The zero-order chi connectivity index (χ0) is 12.4. The van der Waals surface area contributed by atoms with Gasteiger partial charge in [-0.3, -0.25) is 4.79 Å². The number of aryl methyl sites for hydroxylation is 1. The Morgan fingerprint density at radius 2 is 2.06 bits per heavy atom. The maximum absolute atomic E-state index is 13.4. The third kappa shape index (κ3) is 3.17. The molecule has 0 atom stereocenters. The molecule has 0 saturated carbocycles. The van der Waals surface area contributed by atoms with Gasteiger partial charge < -0.3 is 10.6 Å². The lowest BCUT2D eigenvalue weighted by atomic mass is 10.0. The lowest BCUT2D eigenvalue weighted by Crippen LogP contribution is -2.48. The van der Waals surface area contributed by atoms with Crippen LogP contribution in [0.1, 0.15) is 15.9 Å². The van der Waals surface area contributed by atoms with Crippen molar-refractivity contribution in [3.8, 4) is 0 Å². The summed E-state index contributed by atoms with van der Waals surface area (Å²) in [6, 6.07) is 1.98. The maximum Gasteiger partial charge on any atom is 0.254 e. The van der Waals surface area contributed by atoms with Crippen LogP contribution >= 0.6 is 12.4 Å². The van der Waals surface area contributed by atoms with Crippen LogP contribution in [0.4, 0.5) is 8.78 Å². The van der Waals surface area contributed by atoms with E-state index in [0.29, 0.717) is 12.5 Å². The fourth-order valence-electron chi connectivity index (χ4n) is 1.66. The van der Waals surface area contributed by atoms with Crippen LogP contribution in [0, 0.1) is 24.5 Å². The SMILES string of the molecule is Cc1cc(C(=O)NCC2CNC2)c(F)cc1F.Cl. The highest BCUT2D eigenvalue weighted by Crippen LogP contribution is 2.14. The first-order valence-electron chi connectivity index (χ1n) is 5.52. The predicted octanol–water partition coefficient (Wildman–Crippen LogP) is 1.64. The molecule has 1 saturated heterocycles. The van der Waals surface area contributed by atoms with Gasteiger partial charge in [0.15, 0.2) is 0 Å². The van der Waals surface area contributed by atoms with Gasteiger partial charge in [-0.2, -0.15) is 0 Å². The molecule has 1 aliphatic heterocycles. The normalized spacial score (nSPS) is 14.6. The van der Waals surface area contributed by atoms with Crippen molar-refractivity contribution in [3.63, 3.8) is 0 Å².